The summed E-state index contributed by atoms with van der Waals surface area (Å²) in [4.78, 5) is 29.6. The first-order valence-corrected chi connectivity index (χ1v) is 10.6. The van der Waals surface area contributed by atoms with Crippen molar-refractivity contribution in [3.05, 3.63) is 65.0 Å². The smallest absolute Gasteiger partial charge is 0.311 e. The molecule has 1 aromatic heterocycles. The number of benzene rings is 2. The van der Waals surface area contributed by atoms with E-state index in [9.17, 15) is 9.59 Å². The molecular formula is C23H24N2O4S. The predicted octanol–water partition coefficient (Wildman–Crippen LogP) is 4.50. The normalized spacial score (nSPS) is 10.5. The minimum atomic E-state index is -0.324. The fourth-order valence-electron chi connectivity index (χ4n) is 2.82. The molecule has 6 nitrogen and oxygen atoms in total. The number of ether oxygens (including phenoxy) is 2. The van der Waals surface area contributed by atoms with Crippen LogP contribution in [0.2, 0.25) is 0 Å². The zero-order valence-electron chi connectivity index (χ0n) is 17.0. The lowest BCUT2D eigenvalue weighted by Gasteiger charge is -2.06. The molecule has 7 heteroatoms. The second kappa shape index (κ2) is 10.5. The number of aromatic nitrogens is 1. The van der Waals surface area contributed by atoms with Gasteiger partial charge in [0.25, 0.3) is 5.91 Å². The van der Waals surface area contributed by atoms with Crippen molar-refractivity contribution < 1.29 is 19.1 Å². The number of anilines is 1. The third-order valence-corrected chi connectivity index (χ3v) is 5.27. The molecule has 0 saturated carbocycles. The number of esters is 1. The Balaban J connectivity index is 1.69. The summed E-state index contributed by atoms with van der Waals surface area (Å²) in [6.07, 6.45) is 1.05. The lowest BCUT2D eigenvalue weighted by Crippen LogP contribution is -2.20. The van der Waals surface area contributed by atoms with Crippen LogP contribution in [0.5, 0.6) is 5.75 Å². The second-order valence-corrected chi connectivity index (χ2v) is 7.56. The van der Waals surface area contributed by atoms with Crippen molar-refractivity contribution in [3.63, 3.8) is 0 Å². The van der Waals surface area contributed by atoms with Crippen LogP contribution in [-0.4, -0.2) is 30.1 Å². The Kier molecular flexibility index (Phi) is 7.57. The largest absolute Gasteiger partial charge is 0.484 e. The number of rotatable bonds is 9. The van der Waals surface area contributed by atoms with E-state index in [0.717, 1.165) is 16.9 Å². The maximum Gasteiger partial charge on any atom is 0.311 e. The van der Waals surface area contributed by atoms with Crippen LogP contribution in [0, 0.1) is 0 Å². The number of aryl methyl sites for hydroxylation is 1. The van der Waals surface area contributed by atoms with Crippen LogP contribution in [0.1, 0.15) is 24.3 Å². The molecule has 0 spiro atoms. The van der Waals surface area contributed by atoms with E-state index in [2.05, 4.69) is 17.2 Å². The molecule has 0 fully saturated rings. The molecule has 3 aromatic rings. The van der Waals surface area contributed by atoms with Crippen LogP contribution in [0.4, 0.5) is 5.13 Å². The maximum atomic E-state index is 12.3. The highest BCUT2D eigenvalue weighted by Gasteiger charge is 2.18. The van der Waals surface area contributed by atoms with Crippen LogP contribution >= 0.6 is 11.3 Å². The Labute approximate surface area is 179 Å². The van der Waals surface area contributed by atoms with Crippen LogP contribution < -0.4 is 10.1 Å². The maximum absolute atomic E-state index is 12.3. The molecule has 0 saturated heterocycles. The van der Waals surface area contributed by atoms with Gasteiger partial charge in [0.15, 0.2) is 11.7 Å². The van der Waals surface area contributed by atoms with Gasteiger partial charge in [0, 0.05) is 10.4 Å². The molecule has 1 amide bonds. The molecule has 3 rings (SSSR count). The molecule has 0 radical (unpaired) electrons. The molecular weight excluding hydrogens is 400 g/mol. The molecule has 30 heavy (non-hydrogen) atoms. The average molecular weight is 425 g/mol. The Morgan fingerprint density at radius 2 is 1.77 bits per heavy atom. The van der Waals surface area contributed by atoms with Gasteiger partial charge in [-0.15, -0.1) is 11.3 Å². The average Bonchev–Trinajstić information content (AvgIpc) is 3.15. The fraction of sp³-hybridized carbons (Fsp3) is 0.261. The molecule has 0 atom stereocenters. The summed E-state index contributed by atoms with van der Waals surface area (Å²) in [6.45, 7) is 4.04. The van der Waals surface area contributed by atoms with Gasteiger partial charge in [0.1, 0.15) is 5.75 Å². The summed E-state index contributed by atoms with van der Waals surface area (Å²) in [5, 5.41) is 3.18. The molecule has 0 aliphatic carbocycles. The zero-order valence-corrected chi connectivity index (χ0v) is 17.8. The molecule has 2 aromatic carbocycles. The highest BCUT2D eigenvalue weighted by atomic mass is 32.1. The Bertz CT molecular complexity index is 984. The van der Waals surface area contributed by atoms with Crippen LogP contribution in [0.3, 0.4) is 0 Å². The van der Waals surface area contributed by atoms with E-state index in [1.807, 2.05) is 54.6 Å². The van der Waals surface area contributed by atoms with Crippen molar-refractivity contribution in [1.82, 2.24) is 4.98 Å². The van der Waals surface area contributed by atoms with Gasteiger partial charge >= 0.3 is 5.97 Å². The number of amides is 1. The van der Waals surface area contributed by atoms with Gasteiger partial charge < -0.3 is 9.47 Å². The van der Waals surface area contributed by atoms with Gasteiger partial charge in [-0.3, -0.25) is 14.9 Å². The van der Waals surface area contributed by atoms with Gasteiger partial charge in [-0.2, -0.15) is 0 Å². The van der Waals surface area contributed by atoms with Crippen LogP contribution in [0.25, 0.3) is 11.3 Å². The lowest BCUT2D eigenvalue weighted by atomic mass is 10.1. The monoisotopic (exact) mass is 424 g/mol. The van der Waals surface area contributed by atoms with E-state index in [0.29, 0.717) is 23.2 Å². The molecule has 0 aliphatic rings. The minimum Gasteiger partial charge on any atom is -0.484 e. The van der Waals surface area contributed by atoms with Gasteiger partial charge in [-0.25, -0.2) is 4.98 Å². The number of nitrogens with one attached hydrogen (secondary N) is 1. The first-order valence-electron chi connectivity index (χ1n) is 9.81. The first kappa shape index (κ1) is 21.5. The van der Waals surface area contributed by atoms with Crippen molar-refractivity contribution in [2.45, 2.75) is 26.7 Å². The molecule has 1 N–H and O–H groups in total. The summed E-state index contributed by atoms with van der Waals surface area (Å²) in [5.74, 6) is -0.00450. The predicted molar refractivity (Wildman–Crippen MR) is 118 cm³/mol. The number of hydrogen-bond acceptors (Lipinski definition) is 6. The Hall–Kier alpha value is -3.19. The van der Waals surface area contributed by atoms with Gasteiger partial charge in [0.2, 0.25) is 0 Å². The van der Waals surface area contributed by atoms with Crippen LogP contribution in [-0.2, 0) is 27.2 Å². The van der Waals surface area contributed by atoms with Crippen molar-refractivity contribution in [2.24, 2.45) is 0 Å². The Morgan fingerprint density at radius 1 is 1.03 bits per heavy atom. The van der Waals surface area contributed by atoms with E-state index in [1.165, 1.54) is 16.9 Å². The quantitative estimate of drug-likeness (QED) is 0.512. The SMILES string of the molecule is CCOC(=O)Cc1sc(NC(=O)COc2ccc(CC)cc2)nc1-c1ccccc1. The molecule has 0 aliphatic heterocycles. The number of carbonyl (C=O) groups excluding carboxylic acids is 2. The van der Waals surface area contributed by atoms with Gasteiger partial charge in [0.05, 0.1) is 18.7 Å². The van der Waals surface area contributed by atoms with Crippen molar-refractivity contribution in [3.8, 4) is 17.0 Å². The fourth-order valence-corrected chi connectivity index (χ4v) is 3.80. The summed E-state index contributed by atoms with van der Waals surface area (Å²) in [7, 11) is 0. The van der Waals surface area contributed by atoms with Crippen LogP contribution in [0.15, 0.2) is 54.6 Å². The minimum absolute atomic E-state index is 0.103. The molecule has 156 valence electrons. The Morgan fingerprint density at radius 3 is 2.43 bits per heavy atom. The first-order chi connectivity index (χ1) is 14.6. The molecule has 1 heterocycles. The molecule has 0 bridgehead atoms. The van der Waals surface area contributed by atoms with Gasteiger partial charge in [-0.1, -0.05) is 49.4 Å². The number of thiazole rings is 1. The highest BCUT2D eigenvalue weighted by Crippen LogP contribution is 2.31. The lowest BCUT2D eigenvalue weighted by molar-refractivity contribution is -0.142. The van der Waals surface area contributed by atoms with E-state index in [4.69, 9.17) is 9.47 Å². The number of carbonyl (C=O) groups is 2. The second-order valence-electron chi connectivity index (χ2n) is 6.47. The number of hydrogen-bond donors (Lipinski definition) is 1. The van der Waals surface area contributed by atoms with Gasteiger partial charge in [-0.05, 0) is 31.0 Å². The number of nitrogens with zero attached hydrogens (tertiary/aromatic N) is 1. The topological polar surface area (TPSA) is 77.5 Å². The summed E-state index contributed by atoms with van der Waals surface area (Å²) >= 11 is 1.26. The third kappa shape index (κ3) is 5.90. The highest BCUT2D eigenvalue weighted by molar-refractivity contribution is 7.16. The van der Waals surface area contributed by atoms with Crippen molar-refractivity contribution in [1.29, 1.82) is 0 Å². The standard InChI is InChI=1S/C23H24N2O4S/c1-3-16-10-12-18(13-11-16)29-15-20(26)24-23-25-22(17-8-6-5-7-9-17)19(30-23)14-21(27)28-4-2/h5-13H,3-4,14-15H2,1-2H3,(H,24,25,26). The van der Waals surface area contributed by atoms with Crippen molar-refractivity contribution in [2.75, 3.05) is 18.5 Å². The van der Waals surface area contributed by atoms with E-state index in [1.54, 1.807) is 6.92 Å². The summed E-state index contributed by atoms with van der Waals surface area (Å²) in [6, 6.07) is 17.2. The summed E-state index contributed by atoms with van der Waals surface area (Å²) in [5.41, 5.74) is 2.75. The van der Waals surface area contributed by atoms with Crippen molar-refractivity contribution >= 4 is 28.3 Å². The van der Waals surface area contributed by atoms with E-state index < -0.39 is 0 Å². The summed E-state index contributed by atoms with van der Waals surface area (Å²) < 4.78 is 10.6. The van der Waals surface area contributed by atoms with E-state index in [-0.39, 0.29) is 24.9 Å². The van der Waals surface area contributed by atoms with E-state index >= 15 is 0 Å². The third-order valence-electron chi connectivity index (χ3n) is 4.30. The molecule has 0 unspecified atom stereocenters. The zero-order chi connectivity index (χ0) is 21.3.